The number of fused-ring (bicyclic) bond motifs is 1. The summed E-state index contributed by atoms with van der Waals surface area (Å²) in [6.07, 6.45) is 0.880. The van der Waals surface area contributed by atoms with Gasteiger partial charge in [0.2, 0.25) is 0 Å². The van der Waals surface area contributed by atoms with Crippen LogP contribution in [-0.2, 0) is 6.54 Å². The van der Waals surface area contributed by atoms with Crippen LogP contribution in [0.15, 0.2) is 36.4 Å². The van der Waals surface area contributed by atoms with E-state index in [1.807, 2.05) is 18.2 Å². The first-order valence-corrected chi connectivity index (χ1v) is 9.52. The summed E-state index contributed by atoms with van der Waals surface area (Å²) in [6, 6.07) is 11.5. The Labute approximate surface area is 158 Å². The molecular formula is C20H24ClN2O3+. The lowest BCUT2D eigenvalue weighted by molar-refractivity contribution is -0.914. The summed E-state index contributed by atoms with van der Waals surface area (Å²) in [5, 5.41) is 10.1. The highest BCUT2D eigenvalue weighted by Gasteiger charge is 2.22. The van der Waals surface area contributed by atoms with Crippen molar-refractivity contribution in [1.82, 2.24) is 0 Å². The smallest absolute Gasteiger partial charge is 0.179 e. The maximum absolute atomic E-state index is 9.43. The van der Waals surface area contributed by atoms with Gasteiger partial charge in [0, 0.05) is 17.7 Å². The average molecular weight is 376 g/mol. The van der Waals surface area contributed by atoms with Gasteiger partial charge in [-0.1, -0.05) is 11.6 Å². The molecule has 0 radical (unpaired) electrons. The van der Waals surface area contributed by atoms with Crippen molar-refractivity contribution in [2.75, 3.05) is 44.3 Å². The topological polar surface area (TPSA) is 46.4 Å². The molecule has 2 N–H and O–H groups in total. The molecule has 0 bridgehead atoms. The van der Waals surface area contributed by atoms with Gasteiger partial charge in [0.25, 0.3) is 0 Å². The minimum Gasteiger partial charge on any atom is -0.508 e. The van der Waals surface area contributed by atoms with E-state index in [9.17, 15) is 5.11 Å². The molecule has 0 spiro atoms. The Morgan fingerprint density at radius 2 is 1.77 bits per heavy atom. The second kappa shape index (κ2) is 7.64. The third-order valence-corrected chi connectivity index (χ3v) is 5.28. The Balaban J connectivity index is 1.39. The molecule has 5 nitrogen and oxygen atoms in total. The van der Waals surface area contributed by atoms with Crippen molar-refractivity contribution in [2.24, 2.45) is 0 Å². The maximum Gasteiger partial charge on any atom is 0.179 e. The van der Waals surface area contributed by atoms with Gasteiger partial charge in [-0.3, -0.25) is 0 Å². The molecule has 1 fully saturated rings. The van der Waals surface area contributed by atoms with Crippen molar-refractivity contribution in [1.29, 1.82) is 0 Å². The number of quaternary nitrogens is 1. The van der Waals surface area contributed by atoms with Gasteiger partial charge in [-0.25, -0.2) is 0 Å². The van der Waals surface area contributed by atoms with E-state index in [1.54, 1.807) is 12.1 Å². The number of phenols is 1. The number of aromatic hydroxyl groups is 1. The van der Waals surface area contributed by atoms with Gasteiger partial charge in [-0.2, -0.15) is 0 Å². The lowest BCUT2D eigenvalue weighted by Gasteiger charge is -2.33. The molecular weight excluding hydrogens is 352 g/mol. The zero-order valence-corrected chi connectivity index (χ0v) is 15.5. The summed E-state index contributed by atoms with van der Waals surface area (Å²) in [6.45, 7) is 6.37. The van der Waals surface area contributed by atoms with Crippen molar-refractivity contribution in [2.45, 2.75) is 13.0 Å². The first-order chi connectivity index (χ1) is 12.7. The van der Waals surface area contributed by atoms with Crippen LogP contribution in [-0.4, -0.2) is 44.5 Å². The van der Waals surface area contributed by atoms with Gasteiger partial charge in [0.15, 0.2) is 11.5 Å². The quantitative estimate of drug-likeness (QED) is 0.862. The van der Waals surface area contributed by atoms with Crippen LogP contribution in [0.1, 0.15) is 12.0 Å². The van der Waals surface area contributed by atoms with Gasteiger partial charge in [-0.15, -0.1) is 0 Å². The first kappa shape index (κ1) is 17.3. The number of nitrogens with one attached hydrogen (secondary N) is 1. The van der Waals surface area contributed by atoms with Gasteiger partial charge >= 0.3 is 0 Å². The van der Waals surface area contributed by atoms with E-state index in [2.05, 4.69) is 11.0 Å². The van der Waals surface area contributed by atoms with E-state index in [4.69, 9.17) is 21.1 Å². The SMILES string of the molecule is Oc1ccc(N2CC[NH+](Cc3cc(Cl)c4c(c3)OCCCO4)CC2)cc1. The Kier molecular flexibility index (Phi) is 5.09. The standard InChI is InChI=1S/C20H23ClN2O3/c21-18-12-15(13-19-20(18)26-11-1-10-25-19)14-22-6-8-23(9-7-22)16-2-4-17(24)5-3-16/h2-5,12-13,24H,1,6-11,14H2/p+1. The fourth-order valence-corrected chi connectivity index (χ4v) is 3.88. The summed E-state index contributed by atoms with van der Waals surface area (Å²) in [4.78, 5) is 3.90. The van der Waals surface area contributed by atoms with E-state index >= 15 is 0 Å². The van der Waals surface area contributed by atoms with Crippen LogP contribution < -0.4 is 19.3 Å². The normalized spacial score (nSPS) is 17.8. The molecule has 1 saturated heterocycles. The fraction of sp³-hybridized carbons (Fsp3) is 0.400. The van der Waals surface area contributed by atoms with Crippen LogP contribution in [0.4, 0.5) is 5.69 Å². The Morgan fingerprint density at radius 1 is 1.04 bits per heavy atom. The van der Waals surface area contributed by atoms with Crippen LogP contribution >= 0.6 is 11.6 Å². The van der Waals surface area contributed by atoms with Gasteiger partial charge in [0.05, 0.1) is 44.4 Å². The second-order valence-corrected chi connectivity index (χ2v) is 7.29. The number of ether oxygens (including phenoxy) is 2. The summed E-state index contributed by atoms with van der Waals surface area (Å²) in [7, 11) is 0. The molecule has 6 heteroatoms. The van der Waals surface area contributed by atoms with Crippen molar-refractivity contribution < 1.29 is 19.5 Å². The number of halogens is 1. The van der Waals surface area contributed by atoms with Gasteiger partial charge in [-0.05, 0) is 36.4 Å². The number of piperazine rings is 1. The number of rotatable bonds is 3. The number of hydrogen-bond donors (Lipinski definition) is 2. The lowest BCUT2D eigenvalue weighted by Crippen LogP contribution is -3.13. The monoisotopic (exact) mass is 375 g/mol. The van der Waals surface area contributed by atoms with Gasteiger partial charge < -0.3 is 24.4 Å². The summed E-state index contributed by atoms with van der Waals surface area (Å²) >= 11 is 6.41. The fourth-order valence-electron chi connectivity index (χ4n) is 3.60. The van der Waals surface area contributed by atoms with Crippen molar-refractivity contribution in [3.8, 4) is 17.2 Å². The Morgan fingerprint density at radius 3 is 2.54 bits per heavy atom. The predicted molar refractivity (Wildman–Crippen MR) is 102 cm³/mol. The van der Waals surface area contributed by atoms with Crippen LogP contribution in [0.25, 0.3) is 0 Å². The number of nitrogens with zero attached hydrogens (tertiary/aromatic N) is 1. The molecule has 0 unspecified atom stereocenters. The van der Waals surface area contributed by atoms with E-state index in [1.165, 1.54) is 16.2 Å². The molecule has 2 heterocycles. The zero-order chi connectivity index (χ0) is 17.9. The third-order valence-electron chi connectivity index (χ3n) is 5.00. The van der Waals surface area contributed by atoms with Crippen LogP contribution in [0, 0.1) is 0 Å². The maximum atomic E-state index is 9.43. The average Bonchev–Trinajstić information content (AvgIpc) is 2.89. The lowest BCUT2D eigenvalue weighted by atomic mass is 10.1. The van der Waals surface area contributed by atoms with Crippen molar-refractivity contribution >= 4 is 17.3 Å². The van der Waals surface area contributed by atoms with E-state index in [0.717, 1.165) is 44.9 Å². The Hall–Kier alpha value is -2.11. The molecule has 2 aromatic rings. The van der Waals surface area contributed by atoms with Crippen LogP contribution in [0.2, 0.25) is 5.02 Å². The Bertz CT molecular complexity index is 758. The van der Waals surface area contributed by atoms with Crippen molar-refractivity contribution in [3.63, 3.8) is 0 Å². The highest BCUT2D eigenvalue weighted by molar-refractivity contribution is 6.32. The number of phenolic OH excluding ortho intramolecular Hbond substituents is 1. The number of benzene rings is 2. The minimum atomic E-state index is 0.310. The highest BCUT2D eigenvalue weighted by Crippen LogP contribution is 2.37. The molecule has 0 aromatic heterocycles. The van der Waals surface area contributed by atoms with Crippen molar-refractivity contribution in [3.05, 3.63) is 47.0 Å². The predicted octanol–water partition coefficient (Wildman–Crippen LogP) is 2.11. The molecule has 0 saturated carbocycles. The molecule has 26 heavy (non-hydrogen) atoms. The summed E-state index contributed by atoms with van der Waals surface area (Å²) in [5.74, 6) is 1.76. The van der Waals surface area contributed by atoms with Gasteiger partial charge in [0.1, 0.15) is 12.3 Å². The molecule has 138 valence electrons. The van der Waals surface area contributed by atoms with Crippen LogP contribution in [0.5, 0.6) is 17.2 Å². The van der Waals surface area contributed by atoms with Crippen LogP contribution in [0.3, 0.4) is 0 Å². The largest absolute Gasteiger partial charge is 0.508 e. The zero-order valence-electron chi connectivity index (χ0n) is 14.7. The second-order valence-electron chi connectivity index (χ2n) is 6.89. The molecule has 0 atom stereocenters. The van der Waals surface area contributed by atoms with E-state index < -0.39 is 0 Å². The number of anilines is 1. The van der Waals surface area contributed by atoms with E-state index in [-0.39, 0.29) is 0 Å². The number of hydrogen-bond acceptors (Lipinski definition) is 4. The summed E-state index contributed by atoms with van der Waals surface area (Å²) in [5.41, 5.74) is 2.35. The molecule has 2 aliphatic rings. The molecule has 2 aromatic carbocycles. The summed E-state index contributed by atoms with van der Waals surface area (Å²) < 4.78 is 11.5. The highest BCUT2D eigenvalue weighted by atomic mass is 35.5. The first-order valence-electron chi connectivity index (χ1n) is 9.14. The molecule has 4 rings (SSSR count). The molecule has 0 aliphatic carbocycles. The molecule has 2 aliphatic heterocycles. The molecule has 0 amide bonds. The van der Waals surface area contributed by atoms with E-state index in [0.29, 0.717) is 29.7 Å². The third kappa shape index (κ3) is 3.84. The minimum absolute atomic E-state index is 0.310.